The van der Waals surface area contributed by atoms with Crippen molar-refractivity contribution in [1.29, 1.82) is 0 Å². The summed E-state index contributed by atoms with van der Waals surface area (Å²) < 4.78 is 6.22. The van der Waals surface area contributed by atoms with Gasteiger partial charge in [-0.1, -0.05) is 6.42 Å². The van der Waals surface area contributed by atoms with Crippen molar-refractivity contribution in [3.8, 4) is 0 Å². The molecule has 2 aliphatic heterocycles. The Morgan fingerprint density at radius 1 is 1.12 bits per heavy atom. The zero-order valence-corrected chi connectivity index (χ0v) is 11.3. The number of hydrogen-bond donors (Lipinski definition) is 1. The third-order valence-corrected chi connectivity index (χ3v) is 4.30. The van der Waals surface area contributed by atoms with Crippen molar-refractivity contribution in [2.45, 2.75) is 64.6 Å². The van der Waals surface area contributed by atoms with Crippen LogP contribution >= 0.6 is 0 Å². The Bertz CT molecular complexity index is 239. The van der Waals surface area contributed by atoms with Crippen molar-refractivity contribution in [2.75, 3.05) is 13.1 Å². The minimum absolute atomic E-state index is 0.0557. The summed E-state index contributed by atoms with van der Waals surface area (Å²) in [5.41, 5.74) is 0.126. The second-order valence-electron chi connectivity index (χ2n) is 6.74. The van der Waals surface area contributed by atoms with Crippen LogP contribution in [0, 0.1) is 11.8 Å². The first-order valence-corrected chi connectivity index (χ1v) is 6.82. The summed E-state index contributed by atoms with van der Waals surface area (Å²) in [6.45, 7) is 11.4. The van der Waals surface area contributed by atoms with Crippen LogP contribution in [0.1, 0.15) is 53.4 Å². The fourth-order valence-corrected chi connectivity index (χ4v) is 3.73. The van der Waals surface area contributed by atoms with Gasteiger partial charge in [0.2, 0.25) is 0 Å². The third-order valence-electron chi connectivity index (χ3n) is 4.30. The zero-order valence-electron chi connectivity index (χ0n) is 11.3. The molecule has 2 heterocycles. The lowest BCUT2D eigenvalue weighted by atomic mass is 9.76. The van der Waals surface area contributed by atoms with E-state index in [0.29, 0.717) is 5.92 Å². The van der Waals surface area contributed by atoms with Crippen LogP contribution in [-0.4, -0.2) is 24.3 Å². The molecule has 2 nitrogen and oxygen atoms in total. The Kier molecular flexibility index (Phi) is 3.33. The lowest BCUT2D eigenvalue weighted by Gasteiger charge is -2.32. The highest BCUT2D eigenvalue weighted by Gasteiger charge is 2.48. The van der Waals surface area contributed by atoms with E-state index in [9.17, 15) is 0 Å². The SMILES string of the molecule is CC1(C)CC(C2CCCCNC2)C(C)(C)O1. The van der Waals surface area contributed by atoms with Crippen LogP contribution in [0.4, 0.5) is 0 Å². The highest BCUT2D eigenvalue weighted by molar-refractivity contribution is 4.97. The summed E-state index contributed by atoms with van der Waals surface area (Å²) in [4.78, 5) is 0. The molecular weight excluding hydrogens is 198 g/mol. The van der Waals surface area contributed by atoms with E-state index in [1.54, 1.807) is 0 Å². The largest absolute Gasteiger partial charge is 0.369 e. The van der Waals surface area contributed by atoms with Gasteiger partial charge in [0, 0.05) is 0 Å². The molecule has 2 saturated heterocycles. The van der Waals surface area contributed by atoms with E-state index < -0.39 is 0 Å². The van der Waals surface area contributed by atoms with Gasteiger partial charge >= 0.3 is 0 Å². The molecule has 94 valence electrons. The van der Waals surface area contributed by atoms with Gasteiger partial charge in [0.05, 0.1) is 11.2 Å². The molecule has 0 spiro atoms. The smallest absolute Gasteiger partial charge is 0.0666 e. The molecule has 0 aliphatic carbocycles. The maximum absolute atomic E-state index is 6.22. The monoisotopic (exact) mass is 225 g/mol. The molecule has 0 aromatic carbocycles. The van der Waals surface area contributed by atoms with Crippen LogP contribution in [0.15, 0.2) is 0 Å². The molecular formula is C14H27NO. The quantitative estimate of drug-likeness (QED) is 0.741. The fourth-order valence-electron chi connectivity index (χ4n) is 3.73. The molecule has 0 amide bonds. The Morgan fingerprint density at radius 3 is 2.50 bits per heavy atom. The van der Waals surface area contributed by atoms with Crippen LogP contribution < -0.4 is 5.32 Å². The molecule has 2 unspecified atom stereocenters. The Hall–Kier alpha value is -0.0800. The highest BCUT2D eigenvalue weighted by Crippen LogP contribution is 2.46. The second kappa shape index (κ2) is 4.30. The standard InChI is InChI=1S/C14H27NO/c1-13(2)9-12(14(3,4)16-13)11-7-5-6-8-15-10-11/h11-12,15H,5-10H2,1-4H3. The van der Waals surface area contributed by atoms with Gasteiger partial charge in [-0.15, -0.1) is 0 Å². The van der Waals surface area contributed by atoms with Gasteiger partial charge in [-0.3, -0.25) is 0 Å². The lowest BCUT2D eigenvalue weighted by molar-refractivity contribution is -0.0801. The number of ether oxygens (including phenoxy) is 1. The molecule has 0 radical (unpaired) electrons. The molecule has 2 aliphatic rings. The first kappa shape index (κ1) is 12.4. The van der Waals surface area contributed by atoms with Gasteiger partial charge in [-0.2, -0.15) is 0 Å². The third kappa shape index (κ3) is 2.60. The normalized spacial score (nSPS) is 38.2. The van der Waals surface area contributed by atoms with E-state index in [4.69, 9.17) is 4.74 Å². The number of rotatable bonds is 1. The Balaban J connectivity index is 2.07. The van der Waals surface area contributed by atoms with Gasteiger partial charge in [-0.05, 0) is 71.9 Å². The van der Waals surface area contributed by atoms with Gasteiger partial charge in [0.1, 0.15) is 0 Å². The summed E-state index contributed by atoms with van der Waals surface area (Å²) in [6.07, 6.45) is 5.31. The van der Waals surface area contributed by atoms with Crippen LogP contribution in [-0.2, 0) is 4.74 Å². The maximum atomic E-state index is 6.22. The average Bonchev–Trinajstić information content (AvgIpc) is 2.39. The van der Waals surface area contributed by atoms with Crippen molar-refractivity contribution >= 4 is 0 Å². The first-order chi connectivity index (χ1) is 7.41. The molecule has 2 rings (SSSR count). The fraction of sp³-hybridized carbons (Fsp3) is 1.00. The van der Waals surface area contributed by atoms with Crippen molar-refractivity contribution in [3.05, 3.63) is 0 Å². The first-order valence-electron chi connectivity index (χ1n) is 6.82. The summed E-state index contributed by atoms with van der Waals surface area (Å²) in [5, 5.41) is 3.58. The molecule has 2 fully saturated rings. The predicted molar refractivity (Wildman–Crippen MR) is 67.6 cm³/mol. The summed E-state index contributed by atoms with van der Waals surface area (Å²) >= 11 is 0. The van der Waals surface area contributed by atoms with Gasteiger partial charge in [0.25, 0.3) is 0 Å². The van der Waals surface area contributed by atoms with Crippen LogP contribution in [0.5, 0.6) is 0 Å². The summed E-state index contributed by atoms with van der Waals surface area (Å²) in [7, 11) is 0. The minimum Gasteiger partial charge on any atom is -0.369 e. The summed E-state index contributed by atoms with van der Waals surface area (Å²) in [5.74, 6) is 1.52. The van der Waals surface area contributed by atoms with Crippen LogP contribution in [0.2, 0.25) is 0 Å². The topological polar surface area (TPSA) is 21.3 Å². The molecule has 0 bridgehead atoms. The molecule has 0 aromatic rings. The van der Waals surface area contributed by atoms with Crippen LogP contribution in [0.3, 0.4) is 0 Å². The van der Waals surface area contributed by atoms with E-state index >= 15 is 0 Å². The number of nitrogens with one attached hydrogen (secondary N) is 1. The van der Waals surface area contributed by atoms with E-state index in [2.05, 4.69) is 33.0 Å². The maximum Gasteiger partial charge on any atom is 0.0666 e. The number of hydrogen-bond acceptors (Lipinski definition) is 2. The van der Waals surface area contributed by atoms with Crippen molar-refractivity contribution in [2.24, 2.45) is 11.8 Å². The van der Waals surface area contributed by atoms with Gasteiger partial charge < -0.3 is 10.1 Å². The Morgan fingerprint density at radius 2 is 1.88 bits per heavy atom. The lowest BCUT2D eigenvalue weighted by Crippen LogP contribution is -2.37. The molecule has 0 aromatic heterocycles. The second-order valence-corrected chi connectivity index (χ2v) is 6.74. The van der Waals surface area contributed by atoms with E-state index in [0.717, 1.165) is 5.92 Å². The van der Waals surface area contributed by atoms with E-state index in [1.165, 1.54) is 38.8 Å². The highest BCUT2D eigenvalue weighted by atomic mass is 16.5. The Labute approximate surface area is 100 Å². The van der Waals surface area contributed by atoms with Crippen molar-refractivity contribution in [3.63, 3.8) is 0 Å². The molecule has 1 N–H and O–H groups in total. The minimum atomic E-state index is 0.0557. The molecule has 16 heavy (non-hydrogen) atoms. The van der Waals surface area contributed by atoms with Crippen molar-refractivity contribution in [1.82, 2.24) is 5.32 Å². The van der Waals surface area contributed by atoms with Crippen molar-refractivity contribution < 1.29 is 4.74 Å². The van der Waals surface area contributed by atoms with Crippen LogP contribution in [0.25, 0.3) is 0 Å². The van der Waals surface area contributed by atoms with E-state index in [-0.39, 0.29) is 11.2 Å². The summed E-state index contributed by atoms with van der Waals surface area (Å²) in [6, 6.07) is 0. The van der Waals surface area contributed by atoms with Gasteiger partial charge in [-0.25, -0.2) is 0 Å². The predicted octanol–water partition coefficient (Wildman–Crippen LogP) is 2.97. The zero-order chi connectivity index (χ0) is 11.8. The van der Waals surface area contributed by atoms with Gasteiger partial charge in [0.15, 0.2) is 0 Å². The van der Waals surface area contributed by atoms with E-state index in [1.807, 2.05) is 0 Å². The molecule has 2 atom stereocenters. The molecule has 0 saturated carbocycles. The average molecular weight is 225 g/mol. The molecule has 2 heteroatoms.